The molecule has 1 aliphatic heterocycles. The molecule has 1 aliphatic carbocycles. The predicted molar refractivity (Wildman–Crippen MR) is 88.7 cm³/mol. The molecule has 5 nitrogen and oxygen atoms in total. The number of carbonyl (C=O) groups is 1. The molecule has 23 heavy (non-hydrogen) atoms. The van der Waals surface area contributed by atoms with E-state index in [1.54, 1.807) is 6.92 Å². The van der Waals surface area contributed by atoms with Crippen LogP contribution in [0.1, 0.15) is 30.1 Å². The maximum Gasteiger partial charge on any atom is 0.253 e. The summed E-state index contributed by atoms with van der Waals surface area (Å²) in [4.78, 5) is 16.6. The van der Waals surface area contributed by atoms with Crippen LogP contribution in [0.15, 0.2) is 24.3 Å². The Balaban J connectivity index is 1.49. The number of nitrogens with zero attached hydrogens (tertiary/aromatic N) is 2. The van der Waals surface area contributed by atoms with E-state index >= 15 is 0 Å². The molecule has 2 fully saturated rings. The second kappa shape index (κ2) is 7.32. The number of ether oxygens (including phenoxy) is 1. The summed E-state index contributed by atoms with van der Waals surface area (Å²) in [5.41, 5.74) is 0.716. The van der Waals surface area contributed by atoms with Gasteiger partial charge in [0.15, 0.2) is 0 Å². The standard InChI is InChI=1S/C18H26N2O3/c1-14(21)12-19-8-10-20(11-9-19)18(22)16-4-6-17(7-5-16)23-13-15-2-3-15/h4-7,14-15,21H,2-3,8-13H2,1H3. The molecule has 126 valence electrons. The van der Waals surface area contributed by atoms with Crippen LogP contribution in [0.4, 0.5) is 0 Å². The highest BCUT2D eigenvalue weighted by Crippen LogP contribution is 2.29. The van der Waals surface area contributed by atoms with E-state index in [1.807, 2.05) is 29.2 Å². The lowest BCUT2D eigenvalue weighted by Crippen LogP contribution is -2.50. The van der Waals surface area contributed by atoms with E-state index in [1.165, 1.54) is 12.8 Å². The Morgan fingerprint density at radius 1 is 1.22 bits per heavy atom. The van der Waals surface area contributed by atoms with Crippen LogP contribution < -0.4 is 4.74 Å². The van der Waals surface area contributed by atoms with Gasteiger partial charge >= 0.3 is 0 Å². The molecule has 2 aliphatic rings. The number of β-amino-alcohol motifs (C(OH)–C–C–N with tert-alkyl or cyclic N) is 1. The summed E-state index contributed by atoms with van der Waals surface area (Å²) in [6.45, 7) is 6.33. The third kappa shape index (κ3) is 4.69. The van der Waals surface area contributed by atoms with E-state index in [0.29, 0.717) is 25.2 Å². The normalized spacial score (nSPS) is 20.3. The van der Waals surface area contributed by atoms with Crippen molar-refractivity contribution in [3.63, 3.8) is 0 Å². The van der Waals surface area contributed by atoms with Crippen LogP contribution in [0, 0.1) is 5.92 Å². The number of benzene rings is 1. The summed E-state index contributed by atoms with van der Waals surface area (Å²) in [7, 11) is 0. The lowest BCUT2D eigenvalue weighted by atomic mass is 10.1. The quantitative estimate of drug-likeness (QED) is 0.866. The second-order valence-electron chi connectivity index (χ2n) is 6.72. The molecule has 1 saturated heterocycles. The van der Waals surface area contributed by atoms with Crippen molar-refractivity contribution in [2.45, 2.75) is 25.9 Å². The number of rotatable bonds is 6. The minimum atomic E-state index is -0.319. The van der Waals surface area contributed by atoms with Crippen LogP contribution in [0.3, 0.4) is 0 Å². The molecule has 1 amide bonds. The summed E-state index contributed by atoms with van der Waals surface area (Å²) in [5, 5.41) is 9.43. The van der Waals surface area contributed by atoms with Gasteiger partial charge in [-0.2, -0.15) is 0 Å². The molecule has 0 bridgehead atoms. The Morgan fingerprint density at radius 2 is 1.87 bits per heavy atom. The number of piperazine rings is 1. The molecule has 0 aromatic heterocycles. The average Bonchev–Trinajstić information content (AvgIpc) is 3.37. The van der Waals surface area contributed by atoms with Crippen LogP contribution in [0.25, 0.3) is 0 Å². The predicted octanol–water partition coefficient (Wildman–Crippen LogP) is 1.61. The summed E-state index contributed by atoms with van der Waals surface area (Å²) in [5.74, 6) is 1.65. The monoisotopic (exact) mass is 318 g/mol. The number of amides is 1. The molecule has 1 saturated carbocycles. The van der Waals surface area contributed by atoms with Crippen LogP contribution in [0.2, 0.25) is 0 Å². The molecule has 1 aromatic carbocycles. The first-order valence-electron chi connectivity index (χ1n) is 8.54. The second-order valence-corrected chi connectivity index (χ2v) is 6.72. The molecule has 0 spiro atoms. The first-order valence-corrected chi connectivity index (χ1v) is 8.54. The first kappa shape index (κ1) is 16.3. The number of hydrogen-bond acceptors (Lipinski definition) is 4. The van der Waals surface area contributed by atoms with Crippen LogP contribution in [-0.4, -0.2) is 66.2 Å². The van der Waals surface area contributed by atoms with Gasteiger partial charge in [0.1, 0.15) is 5.75 Å². The minimum Gasteiger partial charge on any atom is -0.493 e. The lowest BCUT2D eigenvalue weighted by Gasteiger charge is -2.35. The van der Waals surface area contributed by atoms with Gasteiger partial charge in [-0.05, 0) is 49.9 Å². The van der Waals surface area contributed by atoms with Crippen molar-refractivity contribution in [2.24, 2.45) is 5.92 Å². The molecule has 1 aromatic rings. The van der Waals surface area contributed by atoms with E-state index in [0.717, 1.165) is 31.4 Å². The van der Waals surface area contributed by atoms with E-state index in [2.05, 4.69) is 4.90 Å². The molecule has 1 N–H and O–H groups in total. The summed E-state index contributed by atoms with van der Waals surface area (Å²) < 4.78 is 5.71. The smallest absolute Gasteiger partial charge is 0.253 e. The first-order chi connectivity index (χ1) is 11.1. The van der Waals surface area contributed by atoms with E-state index in [-0.39, 0.29) is 12.0 Å². The lowest BCUT2D eigenvalue weighted by molar-refractivity contribution is 0.0554. The number of hydrogen-bond donors (Lipinski definition) is 1. The molecule has 1 unspecified atom stereocenters. The largest absolute Gasteiger partial charge is 0.493 e. The molecule has 1 atom stereocenters. The third-order valence-corrected chi connectivity index (χ3v) is 4.47. The van der Waals surface area contributed by atoms with Crippen LogP contribution >= 0.6 is 0 Å². The molecule has 0 radical (unpaired) electrons. The van der Waals surface area contributed by atoms with Gasteiger partial charge in [0.25, 0.3) is 5.91 Å². The van der Waals surface area contributed by atoms with Crippen molar-refractivity contribution in [3.8, 4) is 5.75 Å². The molecular formula is C18H26N2O3. The Kier molecular flexibility index (Phi) is 5.18. The fraction of sp³-hybridized carbons (Fsp3) is 0.611. The summed E-state index contributed by atoms with van der Waals surface area (Å²) in [6, 6.07) is 7.48. The van der Waals surface area contributed by atoms with Crippen LogP contribution in [0.5, 0.6) is 5.75 Å². The fourth-order valence-corrected chi connectivity index (χ4v) is 2.88. The summed E-state index contributed by atoms with van der Waals surface area (Å²) in [6.07, 6.45) is 2.23. The Bertz CT molecular complexity index is 518. The van der Waals surface area contributed by atoms with E-state index in [4.69, 9.17) is 4.74 Å². The van der Waals surface area contributed by atoms with E-state index < -0.39 is 0 Å². The zero-order chi connectivity index (χ0) is 16.2. The molecule has 1 heterocycles. The van der Waals surface area contributed by atoms with Gasteiger partial charge in [0.2, 0.25) is 0 Å². The van der Waals surface area contributed by atoms with Crippen molar-refractivity contribution < 1.29 is 14.6 Å². The van der Waals surface area contributed by atoms with Crippen molar-refractivity contribution in [2.75, 3.05) is 39.3 Å². The SMILES string of the molecule is CC(O)CN1CCN(C(=O)c2ccc(OCC3CC3)cc2)CC1. The van der Waals surface area contributed by atoms with Crippen molar-refractivity contribution >= 4 is 5.91 Å². The highest BCUT2D eigenvalue weighted by atomic mass is 16.5. The fourth-order valence-electron chi connectivity index (χ4n) is 2.88. The van der Waals surface area contributed by atoms with Gasteiger partial charge in [-0.15, -0.1) is 0 Å². The van der Waals surface area contributed by atoms with Gasteiger partial charge < -0.3 is 14.7 Å². The molecular weight excluding hydrogens is 292 g/mol. The number of aliphatic hydroxyl groups is 1. The zero-order valence-corrected chi connectivity index (χ0v) is 13.8. The highest BCUT2D eigenvalue weighted by molar-refractivity contribution is 5.94. The van der Waals surface area contributed by atoms with Crippen LogP contribution in [-0.2, 0) is 0 Å². The van der Waals surface area contributed by atoms with Gasteiger partial charge in [-0.25, -0.2) is 0 Å². The highest BCUT2D eigenvalue weighted by Gasteiger charge is 2.23. The van der Waals surface area contributed by atoms with Gasteiger partial charge in [0, 0.05) is 38.3 Å². The van der Waals surface area contributed by atoms with Crippen molar-refractivity contribution in [1.82, 2.24) is 9.80 Å². The molecule has 5 heteroatoms. The molecule has 3 rings (SSSR count). The maximum absolute atomic E-state index is 12.5. The number of carbonyl (C=O) groups excluding carboxylic acids is 1. The van der Waals surface area contributed by atoms with Crippen molar-refractivity contribution in [3.05, 3.63) is 29.8 Å². The minimum absolute atomic E-state index is 0.0791. The maximum atomic E-state index is 12.5. The van der Waals surface area contributed by atoms with Crippen molar-refractivity contribution in [1.29, 1.82) is 0 Å². The van der Waals surface area contributed by atoms with Gasteiger partial charge in [-0.1, -0.05) is 0 Å². The topological polar surface area (TPSA) is 53.0 Å². The Hall–Kier alpha value is -1.59. The third-order valence-electron chi connectivity index (χ3n) is 4.47. The summed E-state index contributed by atoms with van der Waals surface area (Å²) >= 11 is 0. The Morgan fingerprint density at radius 3 is 2.43 bits per heavy atom. The van der Waals surface area contributed by atoms with E-state index in [9.17, 15) is 9.90 Å². The van der Waals surface area contributed by atoms with Gasteiger partial charge in [-0.3, -0.25) is 9.69 Å². The Labute approximate surface area is 137 Å². The number of aliphatic hydroxyl groups excluding tert-OH is 1. The average molecular weight is 318 g/mol. The zero-order valence-electron chi connectivity index (χ0n) is 13.8. The van der Waals surface area contributed by atoms with Gasteiger partial charge in [0.05, 0.1) is 12.7 Å².